The normalized spacial score (nSPS) is 20.1. The molecule has 0 amide bonds. The van der Waals surface area contributed by atoms with Crippen LogP contribution >= 0.6 is 0 Å². The van der Waals surface area contributed by atoms with Gasteiger partial charge in [0.2, 0.25) is 0 Å². The number of aromatic nitrogens is 1. The number of nitrogens with zero attached hydrogens (tertiary/aromatic N) is 1. The molecular formula is C21H27F3N2O2S. The third kappa shape index (κ3) is 5.28. The van der Waals surface area contributed by atoms with Crippen LogP contribution < -0.4 is 5.32 Å². The average molecular weight is 429 g/mol. The van der Waals surface area contributed by atoms with Gasteiger partial charge in [0.05, 0.1) is 11.3 Å². The summed E-state index contributed by atoms with van der Waals surface area (Å²) in [7, 11) is -5.21. The summed E-state index contributed by atoms with van der Waals surface area (Å²) < 4.78 is 61.0. The predicted octanol–water partition coefficient (Wildman–Crippen LogP) is 4.77. The van der Waals surface area contributed by atoms with Crippen LogP contribution in [-0.4, -0.2) is 30.0 Å². The third-order valence-electron chi connectivity index (χ3n) is 5.31. The molecule has 29 heavy (non-hydrogen) atoms. The minimum absolute atomic E-state index is 0.0236. The van der Waals surface area contributed by atoms with Crippen molar-refractivity contribution >= 4 is 20.7 Å². The highest BCUT2D eigenvalue weighted by atomic mass is 32.2. The van der Waals surface area contributed by atoms with Gasteiger partial charge in [0, 0.05) is 22.7 Å². The minimum atomic E-state index is -5.25. The van der Waals surface area contributed by atoms with Gasteiger partial charge in [0.1, 0.15) is 0 Å². The first kappa shape index (κ1) is 22.0. The molecule has 0 radical (unpaired) electrons. The number of alkyl halides is 3. The molecule has 1 aromatic carbocycles. The Morgan fingerprint density at radius 1 is 1.07 bits per heavy atom. The Morgan fingerprint density at radius 3 is 2.24 bits per heavy atom. The van der Waals surface area contributed by atoms with Crippen molar-refractivity contribution < 1.29 is 21.6 Å². The molecule has 1 N–H and O–H groups in total. The number of hydrogen-bond donors (Lipinski definition) is 1. The zero-order chi connectivity index (χ0) is 21.7. The Balaban J connectivity index is 1.84. The van der Waals surface area contributed by atoms with Crippen molar-refractivity contribution in [3.63, 3.8) is 0 Å². The number of piperidine rings is 1. The number of pyridine rings is 1. The molecule has 1 aliphatic rings. The van der Waals surface area contributed by atoms with Crippen LogP contribution in [0.4, 0.5) is 13.2 Å². The van der Waals surface area contributed by atoms with E-state index in [1.165, 1.54) is 12.1 Å². The number of benzene rings is 1. The van der Waals surface area contributed by atoms with Crippen molar-refractivity contribution in [2.45, 2.75) is 69.3 Å². The van der Waals surface area contributed by atoms with E-state index in [0.29, 0.717) is 16.8 Å². The summed E-state index contributed by atoms with van der Waals surface area (Å²) in [6.45, 7) is 8.75. The van der Waals surface area contributed by atoms with Crippen LogP contribution in [0.5, 0.6) is 0 Å². The van der Waals surface area contributed by atoms with Gasteiger partial charge in [0.15, 0.2) is 0 Å². The van der Waals surface area contributed by atoms with E-state index in [4.69, 9.17) is 0 Å². The quantitative estimate of drug-likeness (QED) is 0.762. The lowest BCUT2D eigenvalue weighted by Gasteiger charge is -2.46. The van der Waals surface area contributed by atoms with Crippen molar-refractivity contribution in [3.05, 3.63) is 41.6 Å². The van der Waals surface area contributed by atoms with Crippen molar-refractivity contribution in [1.82, 2.24) is 10.3 Å². The Hall–Kier alpha value is -1.67. The molecular weight excluding hydrogens is 401 g/mol. The van der Waals surface area contributed by atoms with E-state index in [9.17, 15) is 21.6 Å². The van der Waals surface area contributed by atoms with E-state index in [2.05, 4.69) is 38.0 Å². The summed E-state index contributed by atoms with van der Waals surface area (Å²) in [6, 6.07) is 6.35. The van der Waals surface area contributed by atoms with E-state index in [1.807, 2.05) is 6.07 Å². The Morgan fingerprint density at radius 2 is 1.66 bits per heavy atom. The van der Waals surface area contributed by atoms with E-state index in [1.54, 1.807) is 12.3 Å². The van der Waals surface area contributed by atoms with E-state index in [-0.39, 0.29) is 16.6 Å². The fourth-order valence-electron chi connectivity index (χ4n) is 4.74. The van der Waals surface area contributed by atoms with Crippen molar-refractivity contribution in [2.75, 3.05) is 0 Å². The van der Waals surface area contributed by atoms with Crippen LogP contribution in [0, 0.1) is 5.92 Å². The third-order valence-corrected chi connectivity index (χ3v) is 6.73. The Labute approximate surface area is 169 Å². The number of rotatable bonds is 4. The summed E-state index contributed by atoms with van der Waals surface area (Å²) in [5.41, 5.74) is -3.46. The van der Waals surface area contributed by atoms with Crippen LogP contribution in [-0.2, 0) is 22.0 Å². The zero-order valence-electron chi connectivity index (χ0n) is 17.1. The molecule has 2 aromatic rings. The van der Waals surface area contributed by atoms with Crippen molar-refractivity contribution in [3.8, 4) is 0 Å². The largest absolute Gasteiger partial charge is 0.497 e. The van der Waals surface area contributed by atoms with Crippen LogP contribution in [0.25, 0.3) is 10.9 Å². The minimum Gasteiger partial charge on any atom is -0.307 e. The average Bonchev–Trinajstić information content (AvgIpc) is 2.49. The van der Waals surface area contributed by atoms with Crippen molar-refractivity contribution in [2.24, 2.45) is 5.92 Å². The number of halogens is 3. The molecule has 0 aliphatic carbocycles. The standard InChI is InChI=1S/C21H27F3N2O2S/c1-19(2)10-16(11-20(3,4)26-19)7-15-9-17-8-14(5-6-18(17)25-12-15)13-29(27,28)21(22,23)24/h5-6,8-9,12,16,26H,7,10-11,13H2,1-4H3. The van der Waals surface area contributed by atoms with Crippen LogP contribution in [0.15, 0.2) is 30.5 Å². The Kier molecular flexibility index (Phi) is 5.49. The topological polar surface area (TPSA) is 59.1 Å². The fourth-order valence-corrected chi connectivity index (χ4v) is 5.52. The molecule has 1 fully saturated rings. The molecule has 4 nitrogen and oxygen atoms in total. The first-order valence-corrected chi connectivity index (χ1v) is 11.3. The molecule has 0 atom stereocenters. The number of sulfone groups is 1. The van der Waals surface area contributed by atoms with Crippen molar-refractivity contribution in [1.29, 1.82) is 0 Å². The second-order valence-electron chi connectivity index (χ2n) is 9.45. The summed E-state index contributed by atoms with van der Waals surface area (Å²) in [4.78, 5) is 4.42. The van der Waals surface area contributed by atoms with Gasteiger partial charge in [-0.3, -0.25) is 4.98 Å². The maximum Gasteiger partial charge on any atom is 0.497 e. The molecule has 1 saturated heterocycles. The van der Waals surface area contributed by atoms with Gasteiger partial charge in [-0.1, -0.05) is 6.07 Å². The number of fused-ring (bicyclic) bond motifs is 1. The summed E-state index contributed by atoms with van der Waals surface area (Å²) in [5.74, 6) is -0.609. The summed E-state index contributed by atoms with van der Waals surface area (Å²) in [6.07, 6.45) is 4.65. The highest BCUT2D eigenvalue weighted by Gasteiger charge is 2.45. The SMILES string of the molecule is CC1(C)CC(Cc2cnc3ccc(CS(=O)(=O)C(F)(F)F)cc3c2)CC(C)(C)N1. The van der Waals surface area contributed by atoms with Crippen LogP contribution in [0.2, 0.25) is 0 Å². The first-order chi connectivity index (χ1) is 13.2. The van der Waals surface area contributed by atoms with E-state index >= 15 is 0 Å². The predicted molar refractivity (Wildman–Crippen MR) is 108 cm³/mol. The first-order valence-electron chi connectivity index (χ1n) is 9.62. The van der Waals surface area contributed by atoms with Gasteiger partial charge < -0.3 is 5.32 Å². The maximum atomic E-state index is 12.7. The highest BCUT2D eigenvalue weighted by molar-refractivity contribution is 7.91. The lowest BCUT2D eigenvalue weighted by Crippen LogP contribution is -2.58. The highest BCUT2D eigenvalue weighted by Crippen LogP contribution is 2.35. The summed E-state index contributed by atoms with van der Waals surface area (Å²) in [5, 5.41) is 4.31. The Bertz CT molecular complexity index is 998. The van der Waals surface area contributed by atoms with Gasteiger partial charge in [-0.25, -0.2) is 8.42 Å². The van der Waals surface area contributed by atoms with E-state index < -0.39 is 21.1 Å². The summed E-state index contributed by atoms with van der Waals surface area (Å²) >= 11 is 0. The molecule has 2 heterocycles. The number of nitrogens with one attached hydrogen (secondary N) is 1. The van der Waals surface area contributed by atoms with Gasteiger partial charge in [-0.15, -0.1) is 0 Å². The van der Waals surface area contributed by atoms with Crippen LogP contribution in [0.3, 0.4) is 0 Å². The molecule has 1 aromatic heterocycles. The van der Waals surface area contributed by atoms with Gasteiger partial charge in [-0.05, 0) is 82.2 Å². The lowest BCUT2D eigenvalue weighted by atomic mass is 9.74. The molecule has 0 bridgehead atoms. The molecule has 8 heteroatoms. The fraction of sp³-hybridized carbons (Fsp3) is 0.571. The van der Waals surface area contributed by atoms with Gasteiger partial charge in [0.25, 0.3) is 9.84 Å². The maximum absolute atomic E-state index is 12.7. The monoisotopic (exact) mass is 428 g/mol. The molecule has 0 unspecified atom stereocenters. The zero-order valence-corrected chi connectivity index (χ0v) is 17.9. The van der Waals surface area contributed by atoms with Gasteiger partial charge >= 0.3 is 5.51 Å². The molecule has 0 spiro atoms. The second-order valence-corrected chi connectivity index (χ2v) is 11.4. The van der Waals surface area contributed by atoms with E-state index in [0.717, 1.165) is 24.8 Å². The molecule has 0 saturated carbocycles. The molecule has 1 aliphatic heterocycles. The number of hydrogen-bond acceptors (Lipinski definition) is 4. The smallest absolute Gasteiger partial charge is 0.307 e. The lowest BCUT2D eigenvalue weighted by molar-refractivity contribution is -0.0437. The molecule has 3 rings (SSSR count). The second kappa shape index (κ2) is 7.23. The van der Waals surface area contributed by atoms with Crippen LogP contribution in [0.1, 0.15) is 51.7 Å². The molecule has 160 valence electrons. The van der Waals surface area contributed by atoms with Gasteiger partial charge in [-0.2, -0.15) is 13.2 Å².